The largest absolute Gasteiger partial charge is 0.310 e. The van der Waals surface area contributed by atoms with Crippen LogP contribution >= 0.6 is 0 Å². The second-order valence-electron chi connectivity index (χ2n) is 16.3. The van der Waals surface area contributed by atoms with E-state index in [-0.39, 0.29) is 5.41 Å². The van der Waals surface area contributed by atoms with Gasteiger partial charge in [-0.2, -0.15) is 0 Å². The molecule has 4 fully saturated rings. The fourth-order valence-electron chi connectivity index (χ4n) is 10.9. The lowest BCUT2D eigenvalue weighted by Crippen LogP contribution is -2.48. The number of fused-ring (bicyclic) bond motifs is 3. The summed E-state index contributed by atoms with van der Waals surface area (Å²) in [5, 5.41) is 0. The van der Waals surface area contributed by atoms with Crippen LogP contribution in [-0.2, 0) is 10.8 Å². The molecule has 0 aliphatic heterocycles. The van der Waals surface area contributed by atoms with E-state index in [1.54, 1.807) is 5.56 Å². The maximum Gasteiger partial charge on any atom is 0.0465 e. The Balaban J connectivity index is 0.999. The number of nitrogens with zero attached hydrogens (tertiary/aromatic N) is 2. The Kier molecular flexibility index (Phi) is 6.75. The Hall–Kier alpha value is -4.95. The van der Waals surface area contributed by atoms with Gasteiger partial charge in [0.15, 0.2) is 0 Å². The van der Waals surface area contributed by atoms with Gasteiger partial charge in [-0.3, -0.25) is 4.98 Å². The number of anilines is 3. The van der Waals surface area contributed by atoms with Crippen molar-refractivity contribution in [2.24, 2.45) is 17.8 Å². The van der Waals surface area contributed by atoms with E-state index in [0.717, 1.165) is 29.1 Å². The molecule has 0 saturated heterocycles. The van der Waals surface area contributed by atoms with Crippen LogP contribution in [0.15, 0.2) is 140 Å². The van der Waals surface area contributed by atoms with E-state index >= 15 is 0 Å². The molecule has 246 valence electrons. The van der Waals surface area contributed by atoms with Gasteiger partial charge in [-0.1, -0.05) is 92.7 Å². The first kappa shape index (κ1) is 29.9. The van der Waals surface area contributed by atoms with Crippen molar-refractivity contribution in [2.45, 2.75) is 63.2 Å². The first-order chi connectivity index (χ1) is 24.4. The minimum Gasteiger partial charge on any atom is -0.310 e. The van der Waals surface area contributed by atoms with E-state index < -0.39 is 0 Å². The summed E-state index contributed by atoms with van der Waals surface area (Å²) in [6.07, 6.45) is 12.4. The lowest BCUT2D eigenvalue weighted by Gasteiger charge is -2.57. The highest BCUT2D eigenvalue weighted by Gasteiger charge is 2.51. The Morgan fingerprint density at radius 2 is 0.980 bits per heavy atom. The van der Waals surface area contributed by atoms with Crippen LogP contribution in [0.4, 0.5) is 17.1 Å². The highest BCUT2D eigenvalue weighted by atomic mass is 15.1. The van der Waals surface area contributed by atoms with Gasteiger partial charge in [-0.25, -0.2) is 0 Å². The zero-order valence-corrected chi connectivity index (χ0v) is 29.1. The maximum atomic E-state index is 4.21. The standard InChI is InChI=1S/C48H44N2/c1-47(2)45-6-4-3-5-43(45)44-20-19-42(28-46(44)47)50(41-17-11-37(12-18-41)38-21-23-49-24-22-38)40-15-9-36(10-16-40)35-7-13-39(14-8-35)48-29-32-25-33(30-48)27-34(26-32)31-48/h3-24,28,32-34H,25-27,29-31H2,1-2H3. The smallest absolute Gasteiger partial charge is 0.0465 e. The molecule has 4 saturated carbocycles. The number of aromatic nitrogens is 1. The van der Waals surface area contributed by atoms with E-state index in [2.05, 4.69) is 151 Å². The summed E-state index contributed by atoms with van der Waals surface area (Å²) in [4.78, 5) is 6.63. The van der Waals surface area contributed by atoms with Crippen molar-refractivity contribution < 1.29 is 0 Å². The van der Waals surface area contributed by atoms with Crippen molar-refractivity contribution in [1.82, 2.24) is 4.98 Å². The van der Waals surface area contributed by atoms with Gasteiger partial charge in [-0.15, -0.1) is 0 Å². The molecule has 2 heteroatoms. The summed E-state index contributed by atoms with van der Waals surface area (Å²) >= 11 is 0. The monoisotopic (exact) mass is 648 g/mol. The second kappa shape index (κ2) is 11.3. The molecule has 5 aliphatic carbocycles. The van der Waals surface area contributed by atoms with Crippen molar-refractivity contribution in [3.63, 3.8) is 0 Å². The Morgan fingerprint density at radius 1 is 0.500 bits per heavy atom. The molecule has 50 heavy (non-hydrogen) atoms. The second-order valence-corrected chi connectivity index (χ2v) is 16.3. The Labute approximate surface area is 296 Å². The van der Waals surface area contributed by atoms with E-state index in [1.807, 2.05) is 12.4 Å². The molecule has 6 aromatic rings. The van der Waals surface area contributed by atoms with Crippen LogP contribution in [0.25, 0.3) is 33.4 Å². The molecule has 0 spiro atoms. The topological polar surface area (TPSA) is 16.1 Å². The molecule has 1 aromatic heterocycles. The van der Waals surface area contributed by atoms with E-state index in [9.17, 15) is 0 Å². The van der Waals surface area contributed by atoms with Crippen molar-refractivity contribution in [2.75, 3.05) is 4.90 Å². The lowest BCUT2D eigenvalue weighted by molar-refractivity contribution is -0.00518. The molecule has 0 unspecified atom stereocenters. The van der Waals surface area contributed by atoms with Crippen molar-refractivity contribution in [3.05, 3.63) is 156 Å². The summed E-state index contributed by atoms with van der Waals surface area (Å²) in [6.45, 7) is 4.72. The van der Waals surface area contributed by atoms with Gasteiger partial charge in [-0.05, 0) is 160 Å². The fraction of sp³-hybridized carbons (Fsp3) is 0.271. The van der Waals surface area contributed by atoms with Gasteiger partial charge >= 0.3 is 0 Å². The number of hydrogen-bond acceptors (Lipinski definition) is 2. The zero-order valence-electron chi connectivity index (χ0n) is 29.1. The van der Waals surface area contributed by atoms with E-state index in [1.165, 1.54) is 88.7 Å². The first-order valence-electron chi connectivity index (χ1n) is 18.7. The van der Waals surface area contributed by atoms with Gasteiger partial charge in [0, 0.05) is 34.9 Å². The molecule has 2 nitrogen and oxygen atoms in total. The van der Waals surface area contributed by atoms with Crippen molar-refractivity contribution in [3.8, 4) is 33.4 Å². The van der Waals surface area contributed by atoms with Crippen LogP contribution in [-0.4, -0.2) is 4.98 Å². The predicted molar refractivity (Wildman–Crippen MR) is 207 cm³/mol. The van der Waals surface area contributed by atoms with Crippen LogP contribution < -0.4 is 4.90 Å². The lowest BCUT2D eigenvalue weighted by atomic mass is 9.48. The average molecular weight is 649 g/mol. The van der Waals surface area contributed by atoms with Crippen LogP contribution in [0, 0.1) is 17.8 Å². The summed E-state index contributed by atoms with van der Waals surface area (Å²) in [6, 6.07) is 48.0. The third-order valence-corrected chi connectivity index (χ3v) is 13.0. The minimum atomic E-state index is -0.0645. The molecule has 11 rings (SSSR count). The minimum absolute atomic E-state index is 0.0645. The third kappa shape index (κ3) is 4.79. The third-order valence-electron chi connectivity index (χ3n) is 13.0. The van der Waals surface area contributed by atoms with Crippen molar-refractivity contribution in [1.29, 1.82) is 0 Å². The molecule has 0 radical (unpaired) electrons. The predicted octanol–water partition coefficient (Wildman–Crippen LogP) is 12.7. The summed E-state index contributed by atoms with van der Waals surface area (Å²) in [7, 11) is 0. The van der Waals surface area contributed by atoms with Gasteiger partial charge in [0.1, 0.15) is 0 Å². The molecule has 5 aromatic carbocycles. The van der Waals surface area contributed by atoms with E-state index in [4.69, 9.17) is 0 Å². The molecule has 5 aliphatic rings. The quantitative estimate of drug-likeness (QED) is 0.179. The summed E-state index contributed by atoms with van der Waals surface area (Å²) in [5.74, 6) is 2.90. The first-order valence-corrected chi connectivity index (χ1v) is 18.7. The normalized spacial score (nSPS) is 23.8. The average Bonchev–Trinajstić information content (AvgIpc) is 3.38. The molecular weight excluding hydrogens is 605 g/mol. The number of pyridine rings is 1. The molecule has 1 heterocycles. The van der Waals surface area contributed by atoms with Gasteiger partial charge in [0.25, 0.3) is 0 Å². The van der Waals surface area contributed by atoms with Crippen LogP contribution in [0.3, 0.4) is 0 Å². The molecule has 0 N–H and O–H groups in total. The summed E-state index contributed by atoms with van der Waals surface area (Å²) in [5.41, 5.74) is 15.9. The fourth-order valence-corrected chi connectivity index (χ4v) is 10.9. The number of benzene rings is 5. The Morgan fingerprint density at radius 3 is 1.56 bits per heavy atom. The van der Waals surface area contributed by atoms with Crippen LogP contribution in [0.5, 0.6) is 0 Å². The maximum absolute atomic E-state index is 4.21. The SMILES string of the molecule is CC1(C)c2ccccc2-c2ccc(N(c3ccc(-c4ccncc4)cc3)c3ccc(-c4ccc(C56CC7CC(CC(C7)C5)C6)cc4)cc3)cc21. The Bertz CT molecular complexity index is 2160. The molecule has 0 amide bonds. The molecular formula is C48H44N2. The number of rotatable bonds is 6. The van der Waals surface area contributed by atoms with Crippen LogP contribution in [0.1, 0.15) is 69.1 Å². The van der Waals surface area contributed by atoms with Gasteiger partial charge in [0.2, 0.25) is 0 Å². The van der Waals surface area contributed by atoms with Gasteiger partial charge < -0.3 is 4.90 Å². The molecule has 4 bridgehead atoms. The molecule has 0 atom stereocenters. The summed E-state index contributed by atoms with van der Waals surface area (Å²) < 4.78 is 0. The zero-order chi connectivity index (χ0) is 33.5. The van der Waals surface area contributed by atoms with Crippen molar-refractivity contribution >= 4 is 17.1 Å². The number of hydrogen-bond donors (Lipinski definition) is 0. The van der Waals surface area contributed by atoms with Crippen LogP contribution in [0.2, 0.25) is 0 Å². The highest BCUT2D eigenvalue weighted by molar-refractivity contribution is 5.86. The van der Waals surface area contributed by atoms with E-state index in [0.29, 0.717) is 5.41 Å². The van der Waals surface area contributed by atoms with Gasteiger partial charge in [0.05, 0.1) is 0 Å². The highest BCUT2D eigenvalue weighted by Crippen LogP contribution is 2.61.